The first kappa shape index (κ1) is 40.6. The van der Waals surface area contributed by atoms with Crippen LogP contribution in [-0.2, 0) is 20.6 Å². The minimum absolute atomic E-state index is 0.0166. The molecule has 4 aromatic rings. The summed E-state index contributed by atoms with van der Waals surface area (Å²) in [5, 5.41) is 2.65. The van der Waals surface area contributed by atoms with Crippen LogP contribution in [0.1, 0.15) is 57.4 Å². The molecule has 3 aromatic carbocycles. The van der Waals surface area contributed by atoms with Crippen molar-refractivity contribution < 1.29 is 36.8 Å². The lowest BCUT2D eigenvalue weighted by molar-refractivity contribution is -0.137. The fourth-order valence-electron chi connectivity index (χ4n) is 5.55. The van der Waals surface area contributed by atoms with E-state index in [1.807, 2.05) is 30.3 Å². The smallest absolute Gasteiger partial charge is 0.380 e. The van der Waals surface area contributed by atoms with E-state index in [0.29, 0.717) is 41.3 Å². The Hall–Kier alpha value is -5.18. The first-order valence-corrected chi connectivity index (χ1v) is 18.1. The zero-order valence-electron chi connectivity index (χ0n) is 29.2. The number of unbranched alkanes of at least 4 members (excludes halogenated alkanes) is 3. The number of para-hydroxylation sites is 1. The van der Waals surface area contributed by atoms with Gasteiger partial charge in [0.05, 0.1) is 22.3 Å². The third kappa shape index (κ3) is 13.1. The van der Waals surface area contributed by atoms with Gasteiger partial charge in [0, 0.05) is 18.2 Å². The van der Waals surface area contributed by atoms with Gasteiger partial charge in [-0.1, -0.05) is 67.5 Å². The zero-order valence-corrected chi connectivity index (χ0v) is 30.0. The molecule has 5 N–H and O–H groups in total. The SMILES string of the molecule is CCCCC/C=C\C1CC1C(=O)NOc1ccccc1.NC(=O)C1CCCN1C(=O)CNc1cccc(C(F)(F)F)c1.O=c1[nH]c2ccc(F)cc2s1. The monoisotopic (exact) mass is 757 g/mol. The van der Waals surface area contributed by atoms with E-state index in [9.17, 15) is 36.7 Å². The minimum atomic E-state index is -4.44. The number of nitrogens with one attached hydrogen (secondary N) is 3. The number of primary amides is 1. The molecule has 15 heteroatoms. The molecule has 1 aromatic heterocycles. The van der Waals surface area contributed by atoms with Gasteiger partial charge in [-0.3, -0.25) is 19.2 Å². The van der Waals surface area contributed by atoms with Gasteiger partial charge in [-0.15, -0.1) is 0 Å². The van der Waals surface area contributed by atoms with E-state index in [-0.39, 0.29) is 40.7 Å². The predicted octanol–water partition coefficient (Wildman–Crippen LogP) is 7.19. The first-order valence-electron chi connectivity index (χ1n) is 17.3. The number of halogens is 4. The number of thiazole rings is 1. The van der Waals surface area contributed by atoms with Crippen molar-refractivity contribution in [1.82, 2.24) is 15.4 Å². The van der Waals surface area contributed by atoms with Crippen LogP contribution in [0.3, 0.4) is 0 Å². The highest BCUT2D eigenvalue weighted by molar-refractivity contribution is 7.16. The van der Waals surface area contributed by atoms with Crippen molar-refractivity contribution in [2.45, 2.75) is 64.1 Å². The molecular weight excluding hydrogens is 715 g/mol. The number of hydrogen-bond donors (Lipinski definition) is 4. The van der Waals surface area contributed by atoms with Crippen LogP contribution < -0.4 is 26.2 Å². The number of likely N-dealkylation sites (tertiary alicyclic amines) is 1. The van der Waals surface area contributed by atoms with Crippen LogP contribution in [0, 0.1) is 17.7 Å². The molecule has 6 rings (SSSR count). The number of nitrogens with two attached hydrogens (primary N) is 1. The van der Waals surface area contributed by atoms with Gasteiger partial charge in [0.2, 0.25) is 11.8 Å². The molecule has 0 spiro atoms. The van der Waals surface area contributed by atoms with Crippen LogP contribution in [0.4, 0.5) is 23.2 Å². The Bertz CT molecular complexity index is 1900. The Labute approximate surface area is 308 Å². The van der Waals surface area contributed by atoms with Gasteiger partial charge in [0.15, 0.2) is 5.75 Å². The van der Waals surface area contributed by atoms with Gasteiger partial charge < -0.3 is 25.8 Å². The van der Waals surface area contributed by atoms with E-state index in [4.69, 9.17) is 10.6 Å². The molecule has 3 amide bonds. The Morgan fingerprint density at radius 1 is 1.06 bits per heavy atom. The second-order valence-corrected chi connectivity index (χ2v) is 13.6. The molecular formula is C38H43F4N5O5S. The van der Waals surface area contributed by atoms with E-state index in [1.54, 1.807) is 6.07 Å². The maximum atomic E-state index is 12.6. The second kappa shape index (κ2) is 19.6. The third-order valence-electron chi connectivity index (χ3n) is 8.47. The average molecular weight is 758 g/mol. The Morgan fingerprint density at radius 2 is 1.83 bits per heavy atom. The van der Waals surface area contributed by atoms with Crippen LogP contribution in [-0.4, -0.2) is 46.7 Å². The predicted molar refractivity (Wildman–Crippen MR) is 196 cm³/mol. The molecule has 1 saturated heterocycles. The van der Waals surface area contributed by atoms with Crippen molar-refractivity contribution in [1.29, 1.82) is 0 Å². The molecule has 10 nitrogen and oxygen atoms in total. The molecule has 0 radical (unpaired) electrons. The summed E-state index contributed by atoms with van der Waals surface area (Å²) < 4.78 is 51.0. The Balaban J connectivity index is 0.000000186. The van der Waals surface area contributed by atoms with Crippen molar-refractivity contribution >= 4 is 45.0 Å². The average Bonchev–Trinajstić information content (AvgIpc) is 3.54. The lowest BCUT2D eigenvalue weighted by Crippen LogP contribution is -2.45. The van der Waals surface area contributed by atoms with Gasteiger partial charge in [0.25, 0.3) is 5.91 Å². The summed E-state index contributed by atoms with van der Waals surface area (Å²) >= 11 is 1.02. The van der Waals surface area contributed by atoms with Gasteiger partial charge in [-0.25, -0.2) is 4.39 Å². The number of aromatic amines is 1. The van der Waals surface area contributed by atoms with Gasteiger partial charge >= 0.3 is 11.0 Å². The van der Waals surface area contributed by atoms with Crippen LogP contribution in [0.15, 0.2) is 89.7 Å². The summed E-state index contributed by atoms with van der Waals surface area (Å²) in [6.45, 7) is 2.44. The zero-order chi connectivity index (χ0) is 38.4. The van der Waals surface area contributed by atoms with Gasteiger partial charge in [-0.2, -0.15) is 18.7 Å². The summed E-state index contributed by atoms with van der Waals surface area (Å²) in [6, 6.07) is 17.5. The maximum absolute atomic E-state index is 12.6. The molecule has 3 atom stereocenters. The minimum Gasteiger partial charge on any atom is -0.380 e. The van der Waals surface area contributed by atoms with Crippen LogP contribution >= 0.6 is 11.3 Å². The number of fused-ring (bicyclic) bond motifs is 1. The number of nitrogens with zero attached hydrogens (tertiary/aromatic N) is 1. The van der Waals surface area contributed by atoms with Crippen molar-refractivity contribution in [2.24, 2.45) is 17.6 Å². The molecule has 53 heavy (non-hydrogen) atoms. The lowest BCUT2D eigenvalue weighted by atomic mass is 10.2. The van der Waals surface area contributed by atoms with Crippen molar-refractivity contribution in [3.05, 3.63) is 106 Å². The maximum Gasteiger partial charge on any atom is 0.416 e. The topological polar surface area (TPSA) is 147 Å². The number of benzene rings is 3. The van der Waals surface area contributed by atoms with E-state index in [0.717, 1.165) is 36.3 Å². The molecule has 1 aliphatic carbocycles. The molecule has 284 valence electrons. The van der Waals surface area contributed by atoms with Crippen LogP contribution in [0.25, 0.3) is 10.2 Å². The third-order valence-corrected chi connectivity index (χ3v) is 9.31. The molecule has 1 saturated carbocycles. The molecule has 3 unspecified atom stereocenters. The molecule has 2 fully saturated rings. The highest BCUT2D eigenvalue weighted by atomic mass is 32.1. The van der Waals surface area contributed by atoms with E-state index in [1.165, 1.54) is 48.4 Å². The normalized spacial score (nSPS) is 17.7. The van der Waals surface area contributed by atoms with E-state index >= 15 is 0 Å². The summed E-state index contributed by atoms with van der Waals surface area (Å²) in [6.07, 6.45) is 7.00. The molecule has 2 aliphatic rings. The molecule has 0 bridgehead atoms. The van der Waals surface area contributed by atoms with Crippen LogP contribution in [0.5, 0.6) is 5.75 Å². The molecule has 1 aliphatic heterocycles. The number of hydroxylamine groups is 1. The quantitative estimate of drug-likeness (QED) is 0.0521. The van der Waals surface area contributed by atoms with Crippen LogP contribution in [0.2, 0.25) is 0 Å². The fraction of sp³-hybridized carbons (Fsp3) is 0.368. The lowest BCUT2D eigenvalue weighted by Gasteiger charge is -2.22. The summed E-state index contributed by atoms with van der Waals surface area (Å²) in [5.41, 5.74) is 7.85. The number of aromatic nitrogens is 1. The number of alkyl halides is 3. The number of hydrogen-bond acceptors (Lipinski definition) is 7. The Morgan fingerprint density at radius 3 is 2.55 bits per heavy atom. The number of allylic oxidation sites excluding steroid dienone is 2. The number of carbonyl (C=O) groups excluding carboxylic acids is 3. The molecule has 2 heterocycles. The second-order valence-electron chi connectivity index (χ2n) is 12.5. The number of carbonyl (C=O) groups is 3. The van der Waals surface area contributed by atoms with Gasteiger partial charge in [0.1, 0.15) is 11.9 Å². The fourth-order valence-corrected chi connectivity index (χ4v) is 6.31. The van der Waals surface area contributed by atoms with Gasteiger partial charge in [-0.05, 0) is 86.6 Å². The standard InChI is InChI=1S/C17H23NO2.C14H16F3N3O2.C7H4FNOS/c1-2-3-4-5-7-10-14-13-16(14)17(19)18-20-15-11-8-6-9-12-15;15-14(16,17)9-3-1-4-10(7-9)19-8-12(21)20-6-2-5-11(20)13(18)22;8-4-1-2-5-6(3-4)11-7(10)9-5/h6-12,14,16H,2-5,13H2,1H3,(H,18,19);1,3-4,7,11,19H,2,5-6,8H2,(H2,18,22);1-3H,(H,9,10)/b10-7-;;. The summed E-state index contributed by atoms with van der Waals surface area (Å²) in [5.74, 6) is -0.112. The summed E-state index contributed by atoms with van der Waals surface area (Å²) in [4.78, 5) is 54.9. The Kier molecular flexibility index (Phi) is 15.0. The number of rotatable bonds is 12. The highest BCUT2D eigenvalue weighted by Crippen LogP contribution is 2.40. The first-order chi connectivity index (χ1) is 25.3. The van der Waals surface area contributed by atoms with E-state index < -0.39 is 23.7 Å². The summed E-state index contributed by atoms with van der Waals surface area (Å²) in [7, 11) is 0. The largest absolute Gasteiger partial charge is 0.416 e. The van der Waals surface area contributed by atoms with E-state index in [2.05, 4.69) is 34.9 Å². The highest BCUT2D eigenvalue weighted by Gasteiger charge is 2.41. The van der Waals surface area contributed by atoms with Crippen molar-refractivity contribution in [3.8, 4) is 5.75 Å². The number of anilines is 1. The number of H-pyrrole nitrogens is 1. The van der Waals surface area contributed by atoms with Crippen molar-refractivity contribution in [2.75, 3.05) is 18.4 Å². The van der Waals surface area contributed by atoms with Crippen molar-refractivity contribution in [3.63, 3.8) is 0 Å². The number of amides is 3.